The molecule has 0 unspecified atom stereocenters. The first kappa shape index (κ1) is 18.3. The number of rotatable bonds is 5. The van der Waals surface area contributed by atoms with Gasteiger partial charge in [0.05, 0.1) is 5.75 Å². The van der Waals surface area contributed by atoms with E-state index >= 15 is 0 Å². The van der Waals surface area contributed by atoms with E-state index in [0.717, 1.165) is 34.9 Å². The van der Waals surface area contributed by atoms with Gasteiger partial charge in [-0.15, -0.1) is 10.2 Å². The second-order valence-corrected chi connectivity index (χ2v) is 8.16. The predicted octanol–water partition coefficient (Wildman–Crippen LogP) is 4.99. The van der Waals surface area contributed by atoms with Crippen LogP contribution in [-0.2, 0) is 19.9 Å². The van der Waals surface area contributed by atoms with Gasteiger partial charge in [-0.25, -0.2) is 0 Å². The van der Waals surface area contributed by atoms with Gasteiger partial charge in [-0.3, -0.25) is 4.79 Å². The molecule has 6 heteroatoms. The number of aryl methyl sites for hydroxylation is 2. The van der Waals surface area contributed by atoms with Crippen molar-refractivity contribution in [3.63, 3.8) is 0 Å². The van der Waals surface area contributed by atoms with E-state index in [0.29, 0.717) is 10.8 Å². The number of ketones is 1. The lowest BCUT2D eigenvalue weighted by Crippen LogP contribution is -2.08. The Kier molecular flexibility index (Phi) is 5.32. The number of carbonyl (C=O) groups is 1. The molecule has 2 aromatic carbocycles. The summed E-state index contributed by atoms with van der Waals surface area (Å²) in [6, 6.07) is 13.7. The summed E-state index contributed by atoms with van der Waals surface area (Å²) in [6.07, 6.45) is 4.67. The SMILES string of the molecule is Cn1c(SCC(=O)c2ccc3c(c2)CCCC3)nnc1-c1cccc(Cl)c1. The van der Waals surface area contributed by atoms with Crippen LogP contribution in [0.5, 0.6) is 0 Å². The van der Waals surface area contributed by atoms with E-state index < -0.39 is 0 Å². The van der Waals surface area contributed by atoms with Gasteiger partial charge in [-0.2, -0.15) is 0 Å². The Morgan fingerprint density at radius 2 is 1.93 bits per heavy atom. The fourth-order valence-corrected chi connectivity index (χ4v) is 4.44. The zero-order valence-corrected chi connectivity index (χ0v) is 16.7. The van der Waals surface area contributed by atoms with Crippen LogP contribution in [-0.4, -0.2) is 26.3 Å². The van der Waals surface area contributed by atoms with Crippen molar-refractivity contribution in [3.05, 3.63) is 64.2 Å². The van der Waals surface area contributed by atoms with E-state index in [2.05, 4.69) is 22.3 Å². The second-order valence-electron chi connectivity index (χ2n) is 6.78. The molecule has 0 bridgehead atoms. The minimum atomic E-state index is 0.126. The monoisotopic (exact) mass is 397 g/mol. The number of aromatic nitrogens is 3. The maximum Gasteiger partial charge on any atom is 0.191 e. The number of nitrogens with zero attached hydrogens (tertiary/aromatic N) is 3. The Labute approximate surface area is 168 Å². The fourth-order valence-electron chi connectivity index (χ4n) is 3.44. The van der Waals surface area contributed by atoms with Gasteiger partial charge in [0.2, 0.25) is 0 Å². The molecule has 0 N–H and O–H groups in total. The number of carbonyl (C=O) groups excluding carboxylic acids is 1. The summed E-state index contributed by atoms with van der Waals surface area (Å²) >= 11 is 7.48. The first-order chi connectivity index (χ1) is 13.1. The Morgan fingerprint density at radius 3 is 2.74 bits per heavy atom. The molecule has 0 spiro atoms. The molecular weight excluding hydrogens is 378 g/mol. The van der Waals surface area contributed by atoms with Crippen molar-refractivity contribution in [1.82, 2.24) is 14.8 Å². The first-order valence-electron chi connectivity index (χ1n) is 9.05. The molecule has 4 nitrogen and oxygen atoms in total. The normalized spacial score (nSPS) is 13.4. The Balaban J connectivity index is 1.47. The zero-order chi connectivity index (χ0) is 18.8. The summed E-state index contributed by atoms with van der Waals surface area (Å²) in [5.41, 5.74) is 4.43. The Hall–Kier alpha value is -2.11. The number of fused-ring (bicyclic) bond motifs is 1. The maximum atomic E-state index is 12.6. The Bertz CT molecular complexity index is 999. The van der Waals surface area contributed by atoms with E-state index in [1.54, 1.807) is 0 Å². The van der Waals surface area contributed by atoms with E-state index in [4.69, 9.17) is 11.6 Å². The number of Topliss-reactive ketones (excluding diaryl/α,β-unsaturated/α-hetero) is 1. The standard InChI is InChI=1S/C21H20ClN3OS/c1-25-20(17-7-4-8-18(22)12-17)23-24-21(25)27-13-19(26)16-10-9-14-5-2-3-6-15(14)11-16/h4,7-12H,2-3,5-6,13H2,1H3. The summed E-state index contributed by atoms with van der Waals surface area (Å²) in [7, 11) is 1.90. The van der Waals surface area contributed by atoms with Gasteiger partial charge in [-0.05, 0) is 55.0 Å². The van der Waals surface area contributed by atoms with Gasteiger partial charge in [0.15, 0.2) is 16.8 Å². The van der Waals surface area contributed by atoms with E-state index in [1.165, 1.54) is 35.7 Å². The minimum Gasteiger partial charge on any atom is -0.305 e. The predicted molar refractivity (Wildman–Crippen MR) is 110 cm³/mol. The van der Waals surface area contributed by atoms with E-state index in [1.807, 2.05) is 41.9 Å². The van der Waals surface area contributed by atoms with Crippen LogP contribution in [0.15, 0.2) is 47.6 Å². The minimum absolute atomic E-state index is 0.126. The third-order valence-electron chi connectivity index (χ3n) is 4.92. The first-order valence-corrected chi connectivity index (χ1v) is 10.4. The molecule has 0 aliphatic heterocycles. The lowest BCUT2D eigenvalue weighted by Gasteiger charge is -2.16. The van der Waals surface area contributed by atoms with E-state index in [-0.39, 0.29) is 5.78 Å². The highest BCUT2D eigenvalue weighted by molar-refractivity contribution is 7.99. The molecule has 0 atom stereocenters. The van der Waals surface area contributed by atoms with Crippen molar-refractivity contribution < 1.29 is 4.79 Å². The molecule has 0 fully saturated rings. The highest BCUT2D eigenvalue weighted by Gasteiger charge is 2.16. The van der Waals surface area contributed by atoms with Crippen molar-refractivity contribution in [3.8, 4) is 11.4 Å². The molecule has 1 heterocycles. The van der Waals surface area contributed by atoms with Crippen LogP contribution < -0.4 is 0 Å². The average Bonchev–Trinajstić information content (AvgIpc) is 3.06. The number of hydrogen-bond donors (Lipinski definition) is 0. The molecule has 0 amide bonds. The van der Waals surface area contributed by atoms with Crippen LogP contribution in [0.1, 0.15) is 34.3 Å². The molecule has 4 rings (SSSR count). The van der Waals surface area contributed by atoms with Crippen LogP contribution in [0.2, 0.25) is 5.02 Å². The molecule has 0 saturated carbocycles. The van der Waals surface area contributed by atoms with Gasteiger partial charge >= 0.3 is 0 Å². The maximum absolute atomic E-state index is 12.6. The molecule has 1 aliphatic carbocycles. The highest BCUT2D eigenvalue weighted by Crippen LogP contribution is 2.26. The van der Waals surface area contributed by atoms with Gasteiger partial charge in [0.1, 0.15) is 0 Å². The number of hydrogen-bond acceptors (Lipinski definition) is 4. The van der Waals surface area contributed by atoms with Crippen molar-refractivity contribution in [2.75, 3.05) is 5.75 Å². The molecule has 0 radical (unpaired) electrons. The van der Waals surface area contributed by atoms with Crippen molar-refractivity contribution in [1.29, 1.82) is 0 Å². The molecule has 1 aliphatic rings. The summed E-state index contributed by atoms with van der Waals surface area (Å²) in [4.78, 5) is 12.6. The van der Waals surface area contributed by atoms with Gasteiger partial charge in [0, 0.05) is 23.2 Å². The molecule has 3 aromatic rings. The third kappa shape index (κ3) is 3.94. The zero-order valence-electron chi connectivity index (χ0n) is 15.1. The topological polar surface area (TPSA) is 47.8 Å². The average molecular weight is 398 g/mol. The van der Waals surface area contributed by atoms with E-state index in [9.17, 15) is 4.79 Å². The quantitative estimate of drug-likeness (QED) is 0.449. The smallest absolute Gasteiger partial charge is 0.191 e. The van der Waals surface area contributed by atoms with Crippen LogP contribution in [0.3, 0.4) is 0 Å². The molecule has 0 saturated heterocycles. The summed E-state index contributed by atoms with van der Waals surface area (Å²) in [5, 5.41) is 9.87. The third-order valence-corrected chi connectivity index (χ3v) is 6.18. The number of benzene rings is 2. The highest BCUT2D eigenvalue weighted by atomic mass is 35.5. The second kappa shape index (κ2) is 7.87. The number of halogens is 1. The largest absolute Gasteiger partial charge is 0.305 e. The summed E-state index contributed by atoms with van der Waals surface area (Å²) in [5.74, 6) is 1.21. The fraction of sp³-hybridized carbons (Fsp3) is 0.286. The molecule has 27 heavy (non-hydrogen) atoms. The van der Waals surface area contributed by atoms with Crippen molar-refractivity contribution in [2.45, 2.75) is 30.8 Å². The van der Waals surface area contributed by atoms with Crippen LogP contribution in [0, 0.1) is 0 Å². The van der Waals surface area contributed by atoms with Gasteiger partial charge in [-0.1, -0.05) is 47.6 Å². The van der Waals surface area contributed by atoms with Crippen LogP contribution in [0.25, 0.3) is 11.4 Å². The van der Waals surface area contributed by atoms with Crippen molar-refractivity contribution >= 4 is 29.1 Å². The lowest BCUT2D eigenvalue weighted by atomic mass is 9.90. The molecular formula is C21H20ClN3OS. The Morgan fingerprint density at radius 1 is 1.11 bits per heavy atom. The van der Waals surface area contributed by atoms with Crippen LogP contribution in [0.4, 0.5) is 0 Å². The molecule has 138 valence electrons. The number of thioether (sulfide) groups is 1. The summed E-state index contributed by atoms with van der Waals surface area (Å²) in [6.45, 7) is 0. The lowest BCUT2D eigenvalue weighted by molar-refractivity contribution is 0.102. The van der Waals surface area contributed by atoms with Crippen LogP contribution >= 0.6 is 23.4 Å². The van der Waals surface area contributed by atoms with Gasteiger partial charge < -0.3 is 4.57 Å². The molecule has 1 aromatic heterocycles. The van der Waals surface area contributed by atoms with Crippen molar-refractivity contribution in [2.24, 2.45) is 7.05 Å². The van der Waals surface area contributed by atoms with Gasteiger partial charge in [0.25, 0.3) is 0 Å². The summed E-state index contributed by atoms with van der Waals surface area (Å²) < 4.78 is 1.90.